The van der Waals surface area contributed by atoms with Gasteiger partial charge in [0.2, 0.25) is 10.0 Å². The Morgan fingerprint density at radius 2 is 2.05 bits per heavy atom. The molecule has 112 valence electrons. The maximum atomic E-state index is 13.1. The van der Waals surface area contributed by atoms with E-state index >= 15 is 0 Å². The van der Waals surface area contributed by atoms with Gasteiger partial charge in [-0.1, -0.05) is 12.1 Å². The van der Waals surface area contributed by atoms with Gasteiger partial charge in [-0.25, -0.2) is 21.9 Å². The number of hydrogen-bond donors (Lipinski definition) is 2. The number of rotatable bonds is 7. The van der Waals surface area contributed by atoms with Crippen molar-refractivity contribution in [2.24, 2.45) is 0 Å². The van der Waals surface area contributed by atoms with E-state index in [1.54, 1.807) is 0 Å². The van der Waals surface area contributed by atoms with E-state index in [1.807, 2.05) is 0 Å². The monoisotopic (exact) mass is 305 g/mol. The molecule has 20 heavy (non-hydrogen) atoms. The summed E-state index contributed by atoms with van der Waals surface area (Å²) in [5.74, 6) is -2.27. The fraction of sp³-hybridized carbons (Fsp3) is 0.385. The largest absolute Gasteiger partial charge is 0.387 e. The number of allylic oxidation sites excluding steroid dienone is 1. The summed E-state index contributed by atoms with van der Waals surface area (Å²) in [5, 5.41) is 9.96. The van der Waals surface area contributed by atoms with Gasteiger partial charge < -0.3 is 5.11 Å². The average molecular weight is 305 g/mol. The summed E-state index contributed by atoms with van der Waals surface area (Å²) in [6, 6.07) is 2.06. The van der Waals surface area contributed by atoms with Crippen LogP contribution in [0.5, 0.6) is 0 Å². The third kappa shape index (κ3) is 4.66. The molecule has 2 N–H and O–H groups in total. The zero-order valence-corrected chi connectivity index (χ0v) is 11.8. The highest BCUT2D eigenvalue weighted by Gasteiger charge is 2.22. The van der Waals surface area contributed by atoms with Gasteiger partial charge in [-0.2, -0.15) is 0 Å². The minimum Gasteiger partial charge on any atom is -0.387 e. The molecule has 0 aliphatic heterocycles. The lowest BCUT2D eigenvalue weighted by atomic mass is 10.0. The van der Waals surface area contributed by atoms with Crippen LogP contribution in [0, 0.1) is 11.6 Å². The number of aliphatic hydroxyl groups is 1. The first-order valence-electron chi connectivity index (χ1n) is 6.00. The molecule has 0 aliphatic carbocycles. The maximum Gasteiger partial charge on any atom is 0.212 e. The van der Waals surface area contributed by atoms with E-state index in [0.717, 1.165) is 12.1 Å². The summed E-state index contributed by atoms with van der Waals surface area (Å²) >= 11 is 0. The topological polar surface area (TPSA) is 66.4 Å². The van der Waals surface area contributed by atoms with Gasteiger partial charge in [0.25, 0.3) is 0 Å². The molecule has 7 heteroatoms. The lowest BCUT2D eigenvalue weighted by molar-refractivity contribution is 0.146. The number of halogens is 2. The third-order valence-corrected chi connectivity index (χ3v) is 4.22. The van der Waals surface area contributed by atoms with E-state index in [0.29, 0.717) is 0 Å². The number of sulfonamides is 1. The number of aliphatic hydroxyl groups excluding tert-OH is 1. The van der Waals surface area contributed by atoms with Crippen molar-refractivity contribution in [3.05, 3.63) is 48.1 Å². The van der Waals surface area contributed by atoms with Crippen molar-refractivity contribution in [2.45, 2.75) is 25.5 Å². The first kappa shape index (κ1) is 16.7. The summed E-state index contributed by atoms with van der Waals surface area (Å²) in [5.41, 5.74) is 0.0998. The highest BCUT2D eigenvalue weighted by molar-refractivity contribution is 7.89. The highest BCUT2D eigenvalue weighted by atomic mass is 32.2. The average Bonchev–Trinajstić information content (AvgIpc) is 2.38. The molecule has 0 heterocycles. The second-order valence-electron chi connectivity index (χ2n) is 4.42. The van der Waals surface area contributed by atoms with E-state index < -0.39 is 33.8 Å². The molecular weight excluding hydrogens is 288 g/mol. The normalized spacial score (nSPS) is 14.8. The van der Waals surface area contributed by atoms with Crippen molar-refractivity contribution < 1.29 is 22.3 Å². The van der Waals surface area contributed by atoms with E-state index in [9.17, 15) is 22.3 Å². The van der Waals surface area contributed by atoms with Crippen LogP contribution in [0.2, 0.25) is 0 Å². The van der Waals surface area contributed by atoms with Gasteiger partial charge in [-0.05, 0) is 31.0 Å². The van der Waals surface area contributed by atoms with E-state index in [1.165, 1.54) is 19.1 Å². The highest BCUT2D eigenvalue weighted by Crippen LogP contribution is 2.19. The number of nitrogens with one attached hydrogen (secondary N) is 1. The van der Waals surface area contributed by atoms with Gasteiger partial charge in [0.05, 0.1) is 11.9 Å². The number of benzene rings is 1. The molecule has 4 nitrogen and oxygen atoms in total. The third-order valence-electron chi connectivity index (χ3n) is 2.71. The molecule has 0 aliphatic rings. The van der Waals surface area contributed by atoms with Crippen LogP contribution in [0.25, 0.3) is 0 Å². The quantitative estimate of drug-likeness (QED) is 0.756. The fourth-order valence-electron chi connectivity index (χ4n) is 1.63. The lowest BCUT2D eigenvalue weighted by Gasteiger charge is -2.20. The molecule has 0 radical (unpaired) electrons. The van der Waals surface area contributed by atoms with E-state index in [-0.39, 0.29) is 17.7 Å². The van der Waals surface area contributed by atoms with Gasteiger partial charge >= 0.3 is 0 Å². The standard InChI is InChI=1S/C13H17F2NO3S/c1-3-4-7-20(18,19)16-9(2)13(17)10-5-6-11(14)12(15)8-10/h3,5-6,8-9,13,16-17H,1,4,7H2,2H3. The molecule has 0 spiro atoms. The van der Waals surface area contributed by atoms with Crippen LogP contribution < -0.4 is 4.72 Å². The summed E-state index contributed by atoms with van der Waals surface area (Å²) in [6.45, 7) is 4.87. The summed E-state index contributed by atoms with van der Waals surface area (Å²) in [7, 11) is -3.56. The number of hydrogen-bond acceptors (Lipinski definition) is 3. The predicted molar refractivity (Wildman–Crippen MR) is 72.5 cm³/mol. The van der Waals surface area contributed by atoms with E-state index in [4.69, 9.17) is 0 Å². The smallest absolute Gasteiger partial charge is 0.212 e. The van der Waals surface area contributed by atoms with Crippen molar-refractivity contribution >= 4 is 10.0 Å². The maximum absolute atomic E-state index is 13.1. The Bertz CT molecular complexity index is 575. The van der Waals surface area contributed by atoms with Crippen LogP contribution in [-0.4, -0.2) is 25.3 Å². The first-order chi connectivity index (χ1) is 9.26. The van der Waals surface area contributed by atoms with Gasteiger partial charge in [0.15, 0.2) is 11.6 Å². The molecule has 0 aromatic heterocycles. The van der Waals surface area contributed by atoms with Crippen molar-refractivity contribution in [1.82, 2.24) is 4.72 Å². The summed E-state index contributed by atoms with van der Waals surface area (Å²) in [4.78, 5) is 0. The lowest BCUT2D eigenvalue weighted by Crippen LogP contribution is -2.38. The summed E-state index contributed by atoms with van der Waals surface area (Å²) in [6.07, 6.45) is 0.475. The first-order valence-corrected chi connectivity index (χ1v) is 7.66. The Kier molecular flexibility index (Phi) is 5.79. The van der Waals surface area contributed by atoms with Crippen LogP contribution in [0.4, 0.5) is 8.78 Å². The van der Waals surface area contributed by atoms with Gasteiger partial charge in [0.1, 0.15) is 0 Å². The van der Waals surface area contributed by atoms with Crippen LogP contribution in [0.3, 0.4) is 0 Å². The zero-order valence-electron chi connectivity index (χ0n) is 11.0. The molecule has 0 fully saturated rings. The molecule has 1 rings (SSSR count). The second kappa shape index (κ2) is 6.92. The molecule has 0 amide bonds. The second-order valence-corrected chi connectivity index (χ2v) is 6.29. The Labute approximate surface area is 117 Å². The SMILES string of the molecule is C=CCCS(=O)(=O)NC(C)C(O)c1ccc(F)c(F)c1. The molecular formula is C13H17F2NO3S. The Morgan fingerprint density at radius 1 is 1.40 bits per heavy atom. The Hall–Kier alpha value is -1.31. The van der Waals surface area contributed by atoms with Gasteiger partial charge in [0, 0.05) is 6.04 Å². The Balaban J connectivity index is 2.78. The summed E-state index contributed by atoms with van der Waals surface area (Å²) < 4.78 is 51.5. The Morgan fingerprint density at radius 3 is 2.60 bits per heavy atom. The zero-order chi connectivity index (χ0) is 15.3. The van der Waals surface area contributed by atoms with Crippen LogP contribution >= 0.6 is 0 Å². The minimum atomic E-state index is -3.56. The van der Waals surface area contributed by atoms with Crippen molar-refractivity contribution in [3.63, 3.8) is 0 Å². The molecule has 0 bridgehead atoms. The molecule has 2 unspecified atom stereocenters. The molecule has 0 saturated heterocycles. The molecule has 1 aromatic carbocycles. The molecule has 2 atom stereocenters. The van der Waals surface area contributed by atoms with Crippen molar-refractivity contribution in [2.75, 3.05) is 5.75 Å². The molecule has 0 saturated carbocycles. The van der Waals surface area contributed by atoms with Crippen LogP contribution in [-0.2, 0) is 10.0 Å². The van der Waals surface area contributed by atoms with Gasteiger partial charge in [-0.3, -0.25) is 0 Å². The minimum absolute atomic E-state index is 0.0998. The van der Waals surface area contributed by atoms with E-state index in [2.05, 4.69) is 11.3 Å². The molecule has 1 aromatic rings. The predicted octanol–water partition coefficient (Wildman–Crippen LogP) is 1.88. The van der Waals surface area contributed by atoms with Crippen LogP contribution in [0.1, 0.15) is 25.0 Å². The fourth-order valence-corrected chi connectivity index (χ4v) is 2.92. The van der Waals surface area contributed by atoms with Crippen molar-refractivity contribution in [3.8, 4) is 0 Å². The van der Waals surface area contributed by atoms with Crippen molar-refractivity contribution in [1.29, 1.82) is 0 Å². The van der Waals surface area contributed by atoms with Crippen LogP contribution in [0.15, 0.2) is 30.9 Å². The van der Waals surface area contributed by atoms with Gasteiger partial charge in [-0.15, -0.1) is 6.58 Å².